The average Bonchev–Trinajstić information content (AvgIpc) is 3.23. The minimum Gasteiger partial charge on any atom is -0.308 e. The molecule has 0 saturated heterocycles. The van der Waals surface area contributed by atoms with Gasteiger partial charge in [-0.1, -0.05) is 65.8 Å². The average molecular weight is 567 g/mol. The third-order valence-electron chi connectivity index (χ3n) is 5.53. The lowest BCUT2D eigenvalue weighted by molar-refractivity contribution is -0.137. The minimum absolute atomic E-state index is 0.0639. The summed E-state index contributed by atoms with van der Waals surface area (Å²) >= 11 is 7.20. The Morgan fingerprint density at radius 2 is 1.59 bits per heavy atom. The van der Waals surface area contributed by atoms with E-state index >= 15 is 0 Å². The Kier molecular flexibility index (Phi) is 8.27. The van der Waals surface area contributed by atoms with E-state index in [0.717, 1.165) is 17.7 Å². The Labute approximate surface area is 221 Å². The maximum atomic E-state index is 13.1. The van der Waals surface area contributed by atoms with Crippen LogP contribution >= 0.6 is 23.4 Å². The standard InChI is InChI=1S/C25H22ClF3N4O2S2/c1-33-23(30-31-24(33)36-16-18-7-9-19(10-8-18)25(27,28)29)22(15-17-5-3-2-4-6-17)32-37(34,35)21-13-11-20(26)12-14-21/h2-14,22,32H,15-16H2,1H3/t22-/m0/s1. The van der Waals surface area contributed by atoms with E-state index in [2.05, 4.69) is 14.9 Å². The SMILES string of the molecule is Cn1c(SCc2ccc(C(F)(F)F)cc2)nnc1[C@H](Cc1ccccc1)NS(=O)(=O)c1ccc(Cl)cc1. The van der Waals surface area contributed by atoms with Gasteiger partial charge in [-0.2, -0.15) is 13.2 Å². The van der Waals surface area contributed by atoms with E-state index in [4.69, 9.17) is 11.6 Å². The summed E-state index contributed by atoms with van der Waals surface area (Å²) in [7, 11) is -2.19. The molecule has 37 heavy (non-hydrogen) atoms. The van der Waals surface area contributed by atoms with Crippen molar-refractivity contribution in [1.29, 1.82) is 0 Å². The predicted molar refractivity (Wildman–Crippen MR) is 137 cm³/mol. The molecule has 0 amide bonds. The number of hydrogen-bond acceptors (Lipinski definition) is 5. The number of aromatic nitrogens is 3. The summed E-state index contributed by atoms with van der Waals surface area (Å²) in [6.45, 7) is 0. The molecule has 0 aliphatic rings. The van der Waals surface area contributed by atoms with E-state index in [0.29, 0.717) is 33.7 Å². The van der Waals surface area contributed by atoms with Crippen LogP contribution in [0.1, 0.15) is 28.6 Å². The van der Waals surface area contributed by atoms with Gasteiger partial charge in [-0.15, -0.1) is 10.2 Å². The number of hydrogen-bond donors (Lipinski definition) is 1. The Balaban J connectivity index is 1.56. The molecule has 0 aliphatic carbocycles. The van der Waals surface area contributed by atoms with E-state index in [1.54, 1.807) is 11.6 Å². The molecule has 0 radical (unpaired) electrons. The molecule has 6 nitrogen and oxygen atoms in total. The highest BCUT2D eigenvalue weighted by Crippen LogP contribution is 2.31. The first-order chi connectivity index (χ1) is 17.5. The van der Waals surface area contributed by atoms with Gasteiger partial charge >= 0.3 is 6.18 Å². The zero-order valence-electron chi connectivity index (χ0n) is 19.5. The molecule has 0 unspecified atom stereocenters. The van der Waals surface area contributed by atoms with Crippen LogP contribution in [0.5, 0.6) is 0 Å². The highest BCUT2D eigenvalue weighted by molar-refractivity contribution is 7.98. The second kappa shape index (κ2) is 11.3. The minimum atomic E-state index is -4.39. The number of nitrogens with one attached hydrogen (secondary N) is 1. The maximum Gasteiger partial charge on any atom is 0.416 e. The van der Waals surface area contributed by atoms with E-state index in [-0.39, 0.29) is 4.90 Å². The molecule has 0 spiro atoms. The highest BCUT2D eigenvalue weighted by atomic mass is 35.5. The van der Waals surface area contributed by atoms with Crippen LogP contribution < -0.4 is 4.72 Å². The van der Waals surface area contributed by atoms with Crippen molar-refractivity contribution in [3.63, 3.8) is 0 Å². The quantitative estimate of drug-likeness (QED) is 0.250. The van der Waals surface area contributed by atoms with E-state index in [1.807, 2.05) is 30.3 Å². The van der Waals surface area contributed by atoms with Crippen LogP contribution in [0.15, 0.2) is 88.9 Å². The molecule has 1 atom stereocenters. The molecule has 12 heteroatoms. The second-order valence-electron chi connectivity index (χ2n) is 8.20. The van der Waals surface area contributed by atoms with Gasteiger partial charge in [0.05, 0.1) is 16.5 Å². The van der Waals surface area contributed by atoms with Crippen molar-refractivity contribution in [2.24, 2.45) is 7.05 Å². The molecule has 1 N–H and O–H groups in total. The largest absolute Gasteiger partial charge is 0.416 e. The smallest absolute Gasteiger partial charge is 0.308 e. The molecule has 4 rings (SSSR count). The van der Waals surface area contributed by atoms with Gasteiger partial charge < -0.3 is 4.57 Å². The maximum absolute atomic E-state index is 13.1. The number of alkyl halides is 3. The summed E-state index contributed by atoms with van der Waals surface area (Å²) < 4.78 is 69.2. The van der Waals surface area contributed by atoms with Gasteiger partial charge in [-0.05, 0) is 53.9 Å². The predicted octanol–water partition coefficient (Wildman–Crippen LogP) is 6.04. The fourth-order valence-corrected chi connectivity index (χ4v) is 5.79. The zero-order valence-corrected chi connectivity index (χ0v) is 21.9. The molecule has 1 heterocycles. The number of rotatable bonds is 9. The molecule has 4 aromatic rings. The molecule has 0 fully saturated rings. The van der Waals surface area contributed by atoms with Gasteiger partial charge in [0.1, 0.15) is 0 Å². The number of thioether (sulfide) groups is 1. The Bertz CT molecular complexity index is 1440. The topological polar surface area (TPSA) is 76.9 Å². The van der Waals surface area contributed by atoms with Gasteiger partial charge in [-0.3, -0.25) is 0 Å². The van der Waals surface area contributed by atoms with Crippen LogP contribution in [0.2, 0.25) is 5.02 Å². The number of benzene rings is 3. The highest BCUT2D eigenvalue weighted by Gasteiger charge is 2.30. The van der Waals surface area contributed by atoms with Crippen LogP contribution in [-0.4, -0.2) is 23.2 Å². The monoisotopic (exact) mass is 566 g/mol. The fourth-order valence-electron chi connectivity index (χ4n) is 3.60. The molecule has 0 aliphatic heterocycles. The van der Waals surface area contributed by atoms with E-state index < -0.39 is 27.8 Å². The first-order valence-electron chi connectivity index (χ1n) is 11.0. The molecule has 194 valence electrons. The number of nitrogens with zero attached hydrogens (tertiary/aromatic N) is 3. The summed E-state index contributed by atoms with van der Waals surface area (Å²) in [5.41, 5.74) is 0.874. The first kappa shape index (κ1) is 27.2. The van der Waals surface area contributed by atoms with Crippen LogP contribution in [0.25, 0.3) is 0 Å². The summed E-state index contributed by atoms with van der Waals surface area (Å²) in [4.78, 5) is 0.0639. The van der Waals surface area contributed by atoms with Crippen LogP contribution in [0.3, 0.4) is 0 Å². The summed E-state index contributed by atoms with van der Waals surface area (Å²) in [6, 6.07) is 19.4. The van der Waals surface area contributed by atoms with E-state index in [9.17, 15) is 21.6 Å². The van der Waals surface area contributed by atoms with Crippen molar-refractivity contribution in [3.05, 3.63) is 106 Å². The summed E-state index contributed by atoms with van der Waals surface area (Å²) in [5.74, 6) is 0.764. The normalized spacial score (nSPS) is 13.0. The van der Waals surface area contributed by atoms with Crippen molar-refractivity contribution >= 4 is 33.4 Å². The first-order valence-corrected chi connectivity index (χ1v) is 13.9. The number of sulfonamides is 1. The zero-order chi connectivity index (χ0) is 26.6. The van der Waals surface area contributed by atoms with Crippen molar-refractivity contribution < 1.29 is 21.6 Å². The molecule has 0 bridgehead atoms. The van der Waals surface area contributed by atoms with E-state index in [1.165, 1.54) is 48.2 Å². The lowest BCUT2D eigenvalue weighted by Crippen LogP contribution is -2.32. The molecule has 0 saturated carbocycles. The second-order valence-corrected chi connectivity index (χ2v) is 11.3. The molecule has 1 aromatic heterocycles. The Morgan fingerprint density at radius 1 is 0.946 bits per heavy atom. The Hall–Kier alpha value is -2.86. The van der Waals surface area contributed by atoms with Gasteiger partial charge in [0.25, 0.3) is 0 Å². The molecular formula is C25H22ClF3N4O2S2. The third kappa shape index (κ3) is 6.92. The van der Waals surface area contributed by atoms with Crippen molar-refractivity contribution in [2.75, 3.05) is 0 Å². The van der Waals surface area contributed by atoms with Gasteiger partial charge in [0.2, 0.25) is 10.0 Å². The summed E-state index contributed by atoms with van der Waals surface area (Å²) in [6.07, 6.45) is -4.07. The summed E-state index contributed by atoms with van der Waals surface area (Å²) in [5, 5.41) is 9.38. The van der Waals surface area contributed by atoms with Crippen LogP contribution in [0, 0.1) is 0 Å². The Morgan fingerprint density at radius 3 is 2.22 bits per heavy atom. The van der Waals surface area contributed by atoms with Gasteiger partial charge in [0.15, 0.2) is 11.0 Å². The molecular weight excluding hydrogens is 545 g/mol. The fraction of sp³-hybridized carbons (Fsp3) is 0.200. The lowest BCUT2D eigenvalue weighted by Gasteiger charge is -2.19. The third-order valence-corrected chi connectivity index (χ3v) is 8.36. The van der Waals surface area contributed by atoms with Crippen LogP contribution in [-0.2, 0) is 35.4 Å². The van der Waals surface area contributed by atoms with Crippen molar-refractivity contribution in [3.8, 4) is 0 Å². The van der Waals surface area contributed by atoms with Crippen LogP contribution in [0.4, 0.5) is 13.2 Å². The van der Waals surface area contributed by atoms with Crippen molar-refractivity contribution in [2.45, 2.75) is 34.4 Å². The van der Waals surface area contributed by atoms with Crippen molar-refractivity contribution in [1.82, 2.24) is 19.5 Å². The molecule has 3 aromatic carbocycles. The number of halogens is 4. The van der Waals surface area contributed by atoms with Gasteiger partial charge in [-0.25, -0.2) is 13.1 Å². The van der Waals surface area contributed by atoms with Gasteiger partial charge in [0, 0.05) is 17.8 Å². The lowest BCUT2D eigenvalue weighted by atomic mass is 10.1.